The second kappa shape index (κ2) is 10.3. The van der Waals surface area contributed by atoms with Gasteiger partial charge in [0, 0.05) is 41.5 Å². The number of aryl methyl sites for hydroxylation is 1. The number of aromatic nitrogens is 1. The maximum Gasteiger partial charge on any atom is 0.252 e. The van der Waals surface area contributed by atoms with Gasteiger partial charge in [0.25, 0.3) is 5.56 Å². The van der Waals surface area contributed by atoms with Gasteiger partial charge in [-0.25, -0.2) is 0 Å². The van der Waals surface area contributed by atoms with Gasteiger partial charge in [-0.1, -0.05) is 30.3 Å². The molecule has 2 heterocycles. The Bertz CT molecular complexity index is 1170. The summed E-state index contributed by atoms with van der Waals surface area (Å²) in [7, 11) is 0. The molecule has 1 aromatic carbocycles. The Kier molecular flexibility index (Phi) is 6.98. The lowest BCUT2D eigenvalue weighted by Gasteiger charge is -2.09. The fraction of sp³-hybridized carbons (Fsp3) is 0.308. The lowest BCUT2D eigenvalue weighted by molar-refractivity contribution is -0.115. The number of pyridine rings is 1. The highest BCUT2D eigenvalue weighted by Gasteiger charge is 2.30. The lowest BCUT2D eigenvalue weighted by atomic mass is 10.1. The van der Waals surface area contributed by atoms with Crippen LogP contribution in [0.3, 0.4) is 0 Å². The summed E-state index contributed by atoms with van der Waals surface area (Å²) < 4.78 is 1.62. The minimum atomic E-state index is -0.159. The first kappa shape index (κ1) is 22.5. The number of amides is 1. The second-order valence-electron chi connectivity index (χ2n) is 8.61. The summed E-state index contributed by atoms with van der Waals surface area (Å²) in [6.07, 6.45) is 10.2. The van der Waals surface area contributed by atoms with Crippen LogP contribution < -0.4 is 16.2 Å². The maximum absolute atomic E-state index is 12.4. The van der Waals surface area contributed by atoms with Crippen molar-refractivity contribution in [3.8, 4) is 0 Å². The van der Waals surface area contributed by atoms with E-state index in [9.17, 15) is 9.59 Å². The Morgan fingerprint density at radius 2 is 1.97 bits per heavy atom. The molecular formula is C26H29N5O2. The molecule has 1 amide bonds. The largest absolute Gasteiger partial charge is 0.343 e. The normalized spacial score (nSPS) is 16.4. The fourth-order valence-electron chi connectivity index (χ4n) is 3.83. The van der Waals surface area contributed by atoms with E-state index in [-0.39, 0.29) is 17.9 Å². The smallest absolute Gasteiger partial charge is 0.252 e. The molecule has 170 valence electrons. The minimum absolute atomic E-state index is 0.157. The lowest BCUT2D eigenvalue weighted by Crippen LogP contribution is -2.21. The van der Waals surface area contributed by atoms with E-state index in [1.54, 1.807) is 22.9 Å². The number of nitrogens with one attached hydrogen (secondary N) is 4. The third-order valence-corrected chi connectivity index (χ3v) is 5.80. The Morgan fingerprint density at radius 1 is 1.18 bits per heavy atom. The first-order valence-corrected chi connectivity index (χ1v) is 11.4. The molecule has 1 aromatic heterocycles. The number of amidine groups is 1. The monoisotopic (exact) mass is 443 g/mol. The molecule has 7 heteroatoms. The molecule has 1 saturated carbocycles. The van der Waals surface area contributed by atoms with Crippen LogP contribution in [0, 0.1) is 16.7 Å². The number of nitrogens with zero attached hydrogens (tertiary/aromatic N) is 1. The SMILES string of the molecule is N=C(/C=C1/C=C(C2CC2)NC1=N)CCCCn1ccc(NC(=O)Cc2ccccc2)cc1=O. The number of hydrogen-bond donors (Lipinski definition) is 4. The number of benzene rings is 1. The molecule has 0 radical (unpaired) electrons. The van der Waals surface area contributed by atoms with E-state index in [0.29, 0.717) is 36.1 Å². The molecule has 33 heavy (non-hydrogen) atoms. The van der Waals surface area contributed by atoms with Crippen LogP contribution >= 0.6 is 0 Å². The van der Waals surface area contributed by atoms with E-state index < -0.39 is 0 Å². The third-order valence-electron chi connectivity index (χ3n) is 5.80. The number of allylic oxidation sites excluding steroid dienone is 2. The molecule has 1 fully saturated rings. The molecule has 0 saturated heterocycles. The molecule has 4 rings (SSSR count). The van der Waals surface area contributed by atoms with Crippen LogP contribution in [0.1, 0.15) is 37.7 Å². The number of unbranched alkanes of at least 4 members (excludes halogenated alkanes) is 1. The number of anilines is 1. The van der Waals surface area contributed by atoms with E-state index in [2.05, 4.69) is 10.6 Å². The predicted octanol–water partition coefficient (Wildman–Crippen LogP) is 4.02. The minimum Gasteiger partial charge on any atom is -0.343 e. The molecule has 0 atom stereocenters. The molecule has 2 aliphatic rings. The van der Waals surface area contributed by atoms with Crippen molar-refractivity contribution in [2.24, 2.45) is 5.92 Å². The maximum atomic E-state index is 12.4. The highest BCUT2D eigenvalue weighted by atomic mass is 16.1. The van der Waals surface area contributed by atoms with Gasteiger partial charge in [-0.2, -0.15) is 0 Å². The molecular weight excluding hydrogens is 414 g/mol. The molecule has 0 spiro atoms. The summed E-state index contributed by atoms with van der Waals surface area (Å²) in [5.41, 5.74) is 3.64. The first-order chi connectivity index (χ1) is 16.0. The van der Waals surface area contributed by atoms with Gasteiger partial charge in [0.1, 0.15) is 5.84 Å². The molecule has 4 N–H and O–H groups in total. The van der Waals surface area contributed by atoms with E-state index >= 15 is 0 Å². The van der Waals surface area contributed by atoms with E-state index in [4.69, 9.17) is 10.8 Å². The van der Waals surface area contributed by atoms with Gasteiger partial charge in [-0.15, -0.1) is 0 Å². The molecule has 1 aliphatic heterocycles. The van der Waals surface area contributed by atoms with Crippen LogP contribution in [0.15, 0.2) is 76.9 Å². The van der Waals surface area contributed by atoms with Gasteiger partial charge < -0.3 is 20.6 Å². The summed E-state index contributed by atoms with van der Waals surface area (Å²) in [5, 5.41) is 22.1. The third kappa shape index (κ3) is 6.38. The average Bonchev–Trinajstić information content (AvgIpc) is 3.57. The van der Waals surface area contributed by atoms with Gasteiger partial charge in [0.15, 0.2) is 0 Å². The number of hydrogen-bond acceptors (Lipinski definition) is 4. The highest BCUT2D eigenvalue weighted by Crippen LogP contribution is 2.37. The van der Waals surface area contributed by atoms with E-state index in [1.807, 2.05) is 36.4 Å². The molecule has 1 aliphatic carbocycles. The number of carbonyl (C=O) groups is 1. The van der Waals surface area contributed by atoms with Gasteiger partial charge >= 0.3 is 0 Å². The fourth-order valence-corrected chi connectivity index (χ4v) is 3.83. The van der Waals surface area contributed by atoms with Crippen molar-refractivity contribution in [1.29, 1.82) is 10.8 Å². The zero-order valence-corrected chi connectivity index (χ0v) is 18.6. The number of rotatable bonds is 10. The highest BCUT2D eigenvalue weighted by molar-refractivity contribution is 6.08. The summed E-state index contributed by atoms with van der Waals surface area (Å²) in [4.78, 5) is 24.6. The Labute approximate surface area is 193 Å². The predicted molar refractivity (Wildman–Crippen MR) is 131 cm³/mol. The van der Waals surface area contributed by atoms with Crippen molar-refractivity contribution in [2.75, 3.05) is 5.32 Å². The summed E-state index contributed by atoms with van der Waals surface area (Å²) in [5.74, 6) is 0.784. The number of carbonyl (C=O) groups excluding carboxylic acids is 1. The van der Waals surface area contributed by atoms with Crippen LogP contribution in [0.25, 0.3) is 0 Å². The Hall–Kier alpha value is -3.74. The zero-order valence-electron chi connectivity index (χ0n) is 18.6. The average molecular weight is 444 g/mol. The zero-order chi connectivity index (χ0) is 23.2. The second-order valence-corrected chi connectivity index (χ2v) is 8.61. The van der Waals surface area contributed by atoms with Crippen LogP contribution in [0.5, 0.6) is 0 Å². The Morgan fingerprint density at radius 3 is 2.70 bits per heavy atom. The molecule has 2 aromatic rings. The van der Waals surface area contributed by atoms with Crippen LogP contribution in [0.4, 0.5) is 5.69 Å². The van der Waals surface area contributed by atoms with Crippen molar-refractivity contribution >= 4 is 23.1 Å². The van der Waals surface area contributed by atoms with Crippen LogP contribution in [-0.4, -0.2) is 22.0 Å². The molecule has 0 unspecified atom stereocenters. The molecule has 7 nitrogen and oxygen atoms in total. The first-order valence-electron chi connectivity index (χ1n) is 11.4. The standard InChI is InChI=1S/C26H29N5O2/c27-21(15-20-16-23(19-9-10-19)30-26(20)28)8-4-5-12-31-13-11-22(17-25(31)33)29-24(32)14-18-6-2-1-3-7-18/h1-3,6-7,11,13,15-17,19,27H,4-5,8-10,12,14H2,(H2,28,30)(H,29,32)/b20-15-,27-21?. The van der Waals surface area contributed by atoms with E-state index in [0.717, 1.165) is 29.7 Å². The Balaban J connectivity index is 1.21. The summed E-state index contributed by atoms with van der Waals surface area (Å²) in [6, 6.07) is 12.6. The van der Waals surface area contributed by atoms with Crippen molar-refractivity contribution in [1.82, 2.24) is 9.88 Å². The van der Waals surface area contributed by atoms with Gasteiger partial charge in [0.2, 0.25) is 5.91 Å². The van der Waals surface area contributed by atoms with Crippen molar-refractivity contribution in [3.63, 3.8) is 0 Å². The quantitative estimate of drug-likeness (QED) is 0.329. The molecule has 0 bridgehead atoms. The van der Waals surface area contributed by atoms with E-state index in [1.165, 1.54) is 18.9 Å². The van der Waals surface area contributed by atoms with Crippen molar-refractivity contribution in [2.45, 2.75) is 45.1 Å². The van der Waals surface area contributed by atoms with Crippen LogP contribution in [0.2, 0.25) is 0 Å². The van der Waals surface area contributed by atoms with Gasteiger partial charge in [0.05, 0.1) is 6.42 Å². The van der Waals surface area contributed by atoms with Crippen LogP contribution in [-0.2, 0) is 17.8 Å². The summed E-state index contributed by atoms with van der Waals surface area (Å²) >= 11 is 0. The van der Waals surface area contributed by atoms with Crippen molar-refractivity contribution < 1.29 is 4.79 Å². The van der Waals surface area contributed by atoms with Gasteiger partial charge in [-0.3, -0.25) is 15.0 Å². The summed E-state index contributed by atoms with van der Waals surface area (Å²) in [6.45, 7) is 0.560. The van der Waals surface area contributed by atoms with Crippen molar-refractivity contribution in [3.05, 3.63) is 88.0 Å². The topological polar surface area (TPSA) is 111 Å². The van der Waals surface area contributed by atoms with Gasteiger partial charge in [-0.05, 0) is 61.8 Å².